The molecule has 2 aliphatic rings. The number of hydrogen-bond donors (Lipinski definition) is 2. The monoisotopic (exact) mass is 843 g/mol. The zero-order chi connectivity index (χ0) is 42.2. The van der Waals surface area contributed by atoms with Crippen molar-refractivity contribution >= 4 is 39.4 Å². The molecule has 1 aliphatic carbocycles. The number of nitrogens with one attached hydrogen (secondary N) is 2. The number of halogens is 4. The first-order valence-corrected chi connectivity index (χ1v) is 20.2. The molecule has 57 heavy (non-hydrogen) atoms. The predicted octanol–water partition coefficient (Wildman–Crippen LogP) is 6.59. The van der Waals surface area contributed by atoms with Gasteiger partial charge in [-0.3, -0.25) is 4.79 Å². The van der Waals surface area contributed by atoms with E-state index in [2.05, 4.69) is 20.4 Å². The molecule has 3 aromatic rings. The van der Waals surface area contributed by atoms with Crippen molar-refractivity contribution in [2.24, 2.45) is 5.41 Å². The van der Waals surface area contributed by atoms with E-state index in [4.69, 9.17) is 30.5 Å². The van der Waals surface area contributed by atoms with Crippen molar-refractivity contribution in [3.63, 3.8) is 0 Å². The summed E-state index contributed by atoms with van der Waals surface area (Å²) in [4.78, 5) is 36.4. The molecule has 2 N–H and O–H groups in total. The molecule has 2 atom stereocenters. The molecule has 0 radical (unpaired) electrons. The van der Waals surface area contributed by atoms with E-state index in [1.165, 1.54) is 41.2 Å². The second-order valence-electron chi connectivity index (χ2n) is 16.4. The van der Waals surface area contributed by atoms with Gasteiger partial charge in [-0.05, 0) is 105 Å². The van der Waals surface area contributed by atoms with Crippen molar-refractivity contribution in [2.75, 3.05) is 24.7 Å². The molecule has 2 fully saturated rings. The lowest BCUT2D eigenvalue weighted by atomic mass is 9.95. The number of hydrogen-bond acceptors (Lipinski definition) is 12. The zero-order valence-corrected chi connectivity index (χ0v) is 34.6. The number of carbonyl (C=O) groups excluding carboxylic acids is 2. The molecule has 20 heteroatoms. The van der Waals surface area contributed by atoms with Crippen LogP contribution in [0.5, 0.6) is 5.88 Å². The molecule has 2 unspecified atom stereocenters. The average Bonchev–Trinajstić information content (AvgIpc) is 3.59. The van der Waals surface area contributed by atoms with Crippen LogP contribution in [-0.2, 0) is 24.2 Å². The molecule has 15 nitrogen and oxygen atoms in total. The first-order chi connectivity index (χ1) is 26.3. The van der Waals surface area contributed by atoms with E-state index < -0.39 is 61.7 Å². The van der Waals surface area contributed by atoms with Crippen molar-refractivity contribution in [1.29, 1.82) is 0 Å². The number of carbonyl (C=O) groups is 2. The maximum absolute atomic E-state index is 13.6. The fourth-order valence-electron chi connectivity index (χ4n) is 6.40. The molecule has 5 rings (SSSR count). The van der Waals surface area contributed by atoms with E-state index in [1.807, 2.05) is 30.4 Å². The van der Waals surface area contributed by atoms with Gasteiger partial charge in [0.25, 0.3) is 15.9 Å². The zero-order valence-electron chi connectivity index (χ0n) is 33.1. The Morgan fingerprint density at radius 1 is 1.09 bits per heavy atom. The Kier molecular flexibility index (Phi) is 12.5. The largest absolute Gasteiger partial charge is 0.477 e. The van der Waals surface area contributed by atoms with Gasteiger partial charge in [0.2, 0.25) is 5.88 Å². The van der Waals surface area contributed by atoms with E-state index in [9.17, 15) is 31.2 Å². The third kappa shape index (κ3) is 11.5. The van der Waals surface area contributed by atoms with Gasteiger partial charge in [-0.1, -0.05) is 17.7 Å². The van der Waals surface area contributed by atoms with Crippen LogP contribution >= 0.6 is 11.6 Å². The Morgan fingerprint density at radius 3 is 2.39 bits per heavy atom. The van der Waals surface area contributed by atoms with Gasteiger partial charge in [0.05, 0.1) is 24.2 Å². The summed E-state index contributed by atoms with van der Waals surface area (Å²) < 4.78 is 92.8. The van der Waals surface area contributed by atoms with E-state index >= 15 is 0 Å². The SMILES string of the molecule is CC(CC(C)(C)NC(=O)OC(C)(C)C)N(CC1COC(C)(C)O1)c1cccc(S(=O)(=O)NC(=O)c2ccc(-n3ccc(OCCC4(C(F)(F)F)CC4)n3)nc2Cl)n1. The number of pyridine rings is 2. The summed E-state index contributed by atoms with van der Waals surface area (Å²) in [6.07, 6.45) is -3.49. The minimum absolute atomic E-state index is 0.0654. The lowest BCUT2D eigenvalue weighted by molar-refractivity contribution is -0.190. The van der Waals surface area contributed by atoms with E-state index in [0.717, 1.165) is 0 Å². The van der Waals surface area contributed by atoms with Gasteiger partial charge < -0.3 is 29.2 Å². The number of sulfonamides is 1. The van der Waals surface area contributed by atoms with Crippen LogP contribution in [0.2, 0.25) is 5.15 Å². The smallest absolute Gasteiger partial charge is 0.408 e. The Labute approximate surface area is 335 Å². The number of aromatic nitrogens is 4. The molecule has 1 aliphatic heterocycles. The minimum Gasteiger partial charge on any atom is -0.477 e. The van der Waals surface area contributed by atoms with Crippen molar-refractivity contribution in [1.82, 2.24) is 29.8 Å². The average molecular weight is 844 g/mol. The van der Waals surface area contributed by atoms with Crippen LogP contribution in [0.25, 0.3) is 5.82 Å². The fraction of sp³-hybridized carbons (Fsp3) is 0.595. The van der Waals surface area contributed by atoms with Gasteiger partial charge in [-0.25, -0.2) is 24.2 Å². The Balaban J connectivity index is 1.28. The van der Waals surface area contributed by atoms with Crippen molar-refractivity contribution < 1.29 is 50.1 Å². The fourth-order valence-corrected chi connectivity index (χ4v) is 7.57. The van der Waals surface area contributed by atoms with Crippen molar-refractivity contribution in [3.05, 3.63) is 53.3 Å². The molecule has 314 valence electrons. The van der Waals surface area contributed by atoms with Crippen LogP contribution in [0.4, 0.5) is 23.8 Å². The summed E-state index contributed by atoms with van der Waals surface area (Å²) in [5.41, 5.74) is -3.43. The first-order valence-electron chi connectivity index (χ1n) is 18.3. The maximum atomic E-state index is 13.6. The van der Waals surface area contributed by atoms with Crippen LogP contribution in [0.15, 0.2) is 47.6 Å². The Bertz CT molecular complexity index is 2050. The summed E-state index contributed by atoms with van der Waals surface area (Å²) in [5.74, 6) is -1.44. The van der Waals surface area contributed by atoms with Gasteiger partial charge in [-0.15, -0.1) is 5.10 Å². The van der Waals surface area contributed by atoms with Gasteiger partial charge >= 0.3 is 12.3 Å². The van der Waals surface area contributed by atoms with E-state index in [1.54, 1.807) is 40.7 Å². The van der Waals surface area contributed by atoms with Crippen LogP contribution in [0.3, 0.4) is 0 Å². The number of alkyl halides is 3. The summed E-state index contributed by atoms with van der Waals surface area (Å²) >= 11 is 6.33. The predicted molar refractivity (Wildman–Crippen MR) is 203 cm³/mol. The highest BCUT2D eigenvalue weighted by atomic mass is 35.5. The highest BCUT2D eigenvalue weighted by Gasteiger charge is 2.62. The summed E-state index contributed by atoms with van der Waals surface area (Å²) in [6, 6.07) is 8.08. The number of amides is 2. The number of alkyl carbamates (subject to hydrolysis) is 1. The molecular formula is C37H49ClF3N7O8S. The molecule has 1 saturated carbocycles. The lowest BCUT2D eigenvalue weighted by Gasteiger charge is -2.37. The standard InChI is InChI=1S/C37H49ClF3N7O8S/c1-23(20-34(5,6)44-32(50)56-33(2,3)4)47(21-24-22-54-35(7,8)55-24)26-10-9-11-29(42-26)57(51,52)46-31(49)25-12-13-27(43-30(25)38)48-18-14-28(45-48)53-19-17-36(15-16-36)37(39,40)41/h9-14,18,23-24H,15-17,19-22H2,1-8H3,(H,44,50)(H,46,49). The van der Waals surface area contributed by atoms with Crippen LogP contribution in [0.1, 0.15) is 91.4 Å². The highest BCUT2D eigenvalue weighted by molar-refractivity contribution is 7.90. The second-order valence-corrected chi connectivity index (χ2v) is 18.4. The summed E-state index contributed by atoms with van der Waals surface area (Å²) in [6.45, 7) is 14.8. The quantitative estimate of drug-likeness (QED) is 0.157. The number of nitrogens with zero attached hydrogens (tertiary/aromatic N) is 5. The van der Waals surface area contributed by atoms with Gasteiger partial charge in [0.1, 0.15) is 22.7 Å². The number of rotatable bonds is 15. The third-order valence-corrected chi connectivity index (χ3v) is 10.8. The molecule has 2 amide bonds. The van der Waals surface area contributed by atoms with Gasteiger partial charge in [0, 0.05) is 30.4 Å². The molecule has 1 saturated heterocycles. The van der Waals surface area contributed by atoms with Crippen LogP contribution in [0, 0.1) is 5.41 Å². The third-order valence-electron chi connectivity index (χ3n) is 9.31. The topological polar surface area (TPSA) is 176 Å². The molecule has 4 heterocycles. The molecule has 0 aromatic carbocycles. The Hall–Kier alpha value is -4.20. The minimum atomic E-state index is -4.56. The van der Waals surface area contributed by atoms with Crippen LogP contribution < -0.4 is 19.7 Å². The maximum Gasteiger partial charge on any atom is 0.408 e. The number of anilines is 1. The summed E-state index contributed by atoms with van der Waals surface area (Å²) in [7, 11) is -4.56. The molecule has 3 aromatic heterocycles. The molecule has 0 bridgehead atoms. The van der Waals surface area contributed by atoms with E-state index in [-0.39, 0.29) is 73.3 Å². The normalized spacial score (nSPS) is 18.4. The highest BCUT2D eigenvalue weighted by Crippen LogP contribution is 2.59. The van der Waals surface area contributed by atoms with Crippen molar-refractivity contribution in [2.45, 2.75) is 121 Å². The number of ether oxygens (including phenoxy) is 4. The Morgan fingerprint density at radius 2 is 1.79 bits per heavy atom. The molecule has 0 spiro atoms. The van der Waals surface area contributed by atoms with Gasteiger partial charge in [-0.2, -0.15) is 21.6 Å². The molecular weight excluding hydrogens is 795 g/mol. The summed E-state index contributed by atoms with van der Waals surface area (Å²) in [5, 5.41) is 6.27. The van der Waals surface area contributed by atoms with E-state index in [0.29, 0.717) is 6.42 Å². The van der Waals surface area contributed by atoms with Crippen molar-refractivity contribution in [3.8, 4) is 11.7 Å². The second kappa shape index (κ2) is 16.2. The van der Waals surface area contributed by atoms with Gasteiger partial charge in [0.15, 0.2) is 16.6 Å². The first kappa shape index (κ1) is 43.9. The lowest BCUT2D eigenvalue weighted by Crippen LogP contribution is -2.51. The van der Waals surface area contributed by atoms with Crippen LogP contribution in [-0.4, -0.2) is 95.2 Å².